The third-order valence-electron chi connectivity index (χ3n) is 8.06. The Bertz CT molecular complexity index is 2430. The van der Waals surface area contributed by atoms with Crippen LogP contribution in [0.1, 0.15) is 0 Å². The molecule has 3 nitrogen and oxygen atoms in total. The molecule has 0 N–H and O–H groups in total. The van der Waals surface area contributed by atoms with Crippen molar-refractivity contribution in [1.29, 1.82) is 0 Å². The number of nitrogens with zero attached hydrogens (tertiary/aromatic N) is 1. The standard InChI is InChI=1S/C38H23NO2S/c1-2-10-26(11-3-1)39(28-18-20-36-32(23-28)29-13-5-7-16-35(29)42-36)27-12-8-9-24(21-27)25-17-19-31-34(22-25)41-37-30-14-4-6-15-33(30)40-38(31)37/h1-23H. The normalized spacial score (nSPS) is 11.8. The van der Waals surface area contributed by atoms with E-state index in [9.17, 15) is 0 Å². The molecule has 0 unspecified atom stereocenters. The van der Waals surface area contributed by atoms with Gasteiger partial charge in [0.1, 0.15) is 11.2 Å². The maximum Gasteiger partial charge on any atom is 0.181 e. The molecule has 3 aromatic heterocycles. The number of benzene rings is 6. The van der Waals surface area contributed by atoms with Crippen LogP contribution in [0.3, 0.4) is 0 Å². The van der Waals surface area contributed by atoms with E-state index in [-0.39, 0.29) is 0 Å². The van der Waals surface area contributed by atoms with Crippen LogP contribution in [0.5, 0.6) is 0 Å². The van der Waals surface area contributed by atoms with Crippen LogP contribution in [0.2, 0.25) is 0 Å². The van der Waals surface area contributed by atoms with Gasteiger partial charge in [-0.05, 0) is 83.9 Å². The summed E-state index contributed by atoms with van der Waals surface area (Å²) in [5.74, 6) is 0. The largest absolute Gasteiger partial charge is 0.452 e. The number of para-hydroxylation sites is 2. The highest BCUT2D eigenvalue weighted by atomic mass is 32.1. The van der Waals surface area contributed by atoms with Gasteiger partial charge >= 0.3 is 0 Å². The zero-order valence-corrected chi connectivity index (χ0v) is 23.3. The first-order valence-corrected chi connectivity index (χ1v) is 14.8. The third kappa shape index (κ3) is 3.59. The Morgan fingerprint density at radius 1 is 0.405 bits per heavy atom. The van der Waals surface area contributed by atoms with Crippen LogP contribution in [0.25, 0.3) is 64.4 Å². The second kappa shape index (κ2) is 9.10. The summed E-state index contributed by atoms with van der Waals surface area (Å²) in [5, 5.41) is 4.57. The van der Waals surface area contributed by atoms with Crippen molar-refractivity contribution in [3.05, 3.63) is 140 Å². The Morgan fingerprint density at radius 3 is 1.98 bits per heavy atom. The van der Waals surface area contributed by atoms with Gasteiger partial charge in [-0.2, -0.15) is 0 Å². The van der Waals surface area contributed by atoms with Gasteiger partial charge in [0.05, 0.1) is 10.8 Å². The van der Waals surface area contributed by atoms with E-state index in [0.29, 0.717) is 0 Å². The van der Waals surface area contributed by atoms with Crippen molar-refractivity contribution in [2.75, 3.05) is 4.90 Å². The third-order valence-corrected chi connectivity index (χ3v) is 9.21. The second-order valence-corrected chi connectivity index (χ2v) is 11.7. The van der Waals surface area contributed by atoms with Crippen LogP contribution in [-0.2, 0) is 0 Å². The van der Waals surface area contributed by atoms with Gasteiger partial charge in [0.2, 0.25) is 0 Å². The summed E-state index contributed by atoms with van der Waals surface area (Å²) < 4.78 is 15.1. The molecule has 0 bridgehead atoms. The second-order valence-electron chi connectivity index (χ2n) is 10.6. The van der Waals surface area contributed by atoms with Crippen molar-refractivity contribution < 1.29 is 8.83 Å². The summed E-state index contributed by atoms with van der Waals surface area (Å²) in [6, 6.07) is 49.1. The summed E-state index contributed by atoms with van der Waals surface area (Å²) in [7, 11) is 0. The predicted molar refractivity (Wildman–Crippen MR) is 176 cm³/mol. The molecule has 0 aliphatic heterocycles. The van der Waals surface area contributed by atoms with Crippen LogP contribution in [0.4, 0.5) is 17.1 Å². The highest BCUT2D eigenvalue weighted by Gasteiger charge is 2.18. The molecule has 0 aliphatic carbocycles. The summed E-state index contributed by atoms with van der Waals surface area (Å²) in [5.41, 5.74) is 8.83. The van der Waals surface area contributed by atoms with Gasteiger partial charge in [0, 0.05) is 37.2 Å². The van der Waals surface area contributed by atoms with Crippen LogP contribution in [0.15, 0.2) is 148 Å². The lowest BCUT2D eigenvalue weighted by molar-refractivity contribution is 0.653. The quantitative estimate of drug-likeness (QED) is 0.215. The molecule has 4 heteroatoms. The highest BCUT2D eigenvalue weighted by molar-refractivity contribution is 7.25. The molecule has 0 amide bonds. The number of rotatable bonds is 4. The molecule has 0 atom stereocenters. The lowest BCUT2D eigenvalue weighted by atomic mass is 10.0. The molecule has 42 heavy (non-hydrogen) atoms. The van der Waals surface area contributed by atoms with Gasteiger partial charge in [0.25, 0.3) is 0 Å². The number of furan rings is 2. The first-order valence-electron chi connectivity index (χ1n) is 14.0. The van der Waals surface area contributed by atoms with Crippen molar-refractivity contribution >= 4 is 81.7 Å². The van der Waals surface area contributed by atoms with Crippen LogP contribution < -0.4 is 4.90 Å². The first-order chi connectivity index (χ1) is 20.8. The summed E-state index contributed by atoms with van der Waals surface area (Å²) >= 11 is 1.84. The van der Waals surface area contributed by atoms with E-state index in [4.69, 9.17) is 8.83 Å². The number of thiophene rings is 1. The molecular weight excluding hydrogens is 534 g/mol. The van der Waals surface area contributed by atoms with Crippen molar-refractivity contribution in [3.8, 4) is 11.1 Å². The van der Waals surface area contributed by atoms with E-state index in [2.05, 4.69) is 120 Å². The van der Waals surface area contributed by atoms with E-state index in [0.717, 1.165) is 61.3 Å². The van der Waals surface area contributed by atoms with Gasteiger partial charge in [-0.3, -0.25) is 0 Å². The first kappa shape index (κ1) is 23.4. The zero-order chi connectivity index (χ0) is 27.6. The molecule has 0 saturated carbocycles. The zero-order valence-electron chi connectivity index (χ0n) is 22.5. The van der Waals surface area contributed by atoms with Crippen LogP contribution >= 0.6 is 11.3 Å². The van der Waals surface area contributed by atoms with Gasteiger partial charge in [-0.25, -0.2) is 0 Å². The maximum atomic E-state index is 6.35. The average Bonchev–Trinajstić information content (AvgIpc) is 3.71. The predicted octanol–water partition coefficient (Wildman–Crippen LogP) is 11.8. The maximum absolute atomic E-state index is 6.35. The van der Waals surface area contributed by atoms with Crippen molar-refractivity contribution in [1.82, 2.24) is 0 Å². The fraction of sp³-hybridized carbons (Fsp3) is 0. The summed E-state index contributed by atoms with van der Waals surface area (Å²) in [4.78, 5) is 2.33. The van der Waals surface area contributed by atoms with Gasteiger partial charge in [0.15, 0.2) is 11.2 Å². The van der Waals surface area contributed by atoms with Crippen molar-refractivity contribution in [3.63, 3.8) is 0 Å². The number of hydrogen-bond acceptors (Lipinski definition) is 4. The molecule has 9 rings (SSSR count). The Hall–Kier alpha value is -5.32. The highest BCUT2D eigenvalue weighted by Crippen LogP contribution is 2.42. The smallest absolute Gasteiger partial charge is 0.181 e. The SMILES string of the molecule is c1ccc(N(c2cccc(-c3ccc4c(c3)oc3c5ccccc5oc43)c2)c2ccc3sc4ccccc4c3c2)cc1. The van der Waals surface area contributed by atoms with Gasteiger partial charge < -0.3 is 13.7 Å². The van der Waals surface area contributed by atoms with Crippen molar-refractivity contribution in [2.24, 2.45) is 0 Å². The lowest BCUT2D eigenvalue weighted by Crippen LogP contribution is -2.09. The number of fused-ring (bicyclic) bond motifs is 8. The Labute approximate surface area is 245 Å². The van der Waals surface area contributed by atoms with E-state index in [1.54, 1.807) is 0 Å². The summed E-state index contributed by atoms with van der Waals surface area (Å²) in [6.45, 7) is 0. The summed E-state index contributed by atoms with van der Waals surface area (Å²) in [6.07, 6.45) is 0. The molecule has 0 spiro atoms. The minimum Gasteiger partial charge on any atom is -0.452 e. The Balaban J connectivity index is 1.18. The van der Waals surface area contributed by atoms with Gasteiger partial charge in [-0.15, -0.1) is 11.3 Å². The fourth-order valence-corrected chi connectivity index (χ4v) is 7.17. The Morgan fingerprint density at radius 2 is 1.07 bits per heavy atom. The molecule has 0 radical (unpaired) electrons. The molecule has 0 saturated heterocycles. The van der Waals surface area contributed by atoms with E-state index in [1.807, 2.05) is 35.6 Å². The number of anilines is 3. The molecule has 9 aromatic rings. The molecule has 0 fully saturated rings. The average molecular weight is 558 g/mol. The topological polar surface area (TPSA) is 29.5 Å². The minimum atomic E-state index is 0.804. The molecule has 0 aliphatic rings. The van der Waals surface area contributed by atoms with Crippen LogP contribution in [-0.4, -0.2) is 0 Å². The molecule has 3 heterocycles. The fourth-order valence-electron chi connectivity index (χ4n) is 6.09. The van der Waals surface area contributed by atoms with E-state index in [1.165, 1.54) is 20.2 Å². The monoisotopic (exact) mass is 557 g/mol. The molecule has 198 valence electrons. The van der Waals surface area contributed by atoms with E-state index >= 15 is 0 Å². The van der Waals surface area contributed by atoms with Crippen LogP contribution in [0, 0.1) is 0 Å². The minimum absolute atomic E-state index is 0.804. The molecule has 6 aromatic carbocycles. The molecular formula is C38H23NO2S. The lowest BCUT2D eigenvalue weighted by Gasteiger charge is -2.26. The van der Waals surface area contributed by atoms with Crippen molar-refractivity contribution in [2.45, 2.75) is 0 Å². The van der Waals surface area contributed by atoms with Gasteiger partial charge in [-0.1, -0.05) is 66.7 Å². The van der Waals surface area contributed by atoms with E-state index < -0.39 is 0 Å². The Kier molecular flexibility index (Phi) is 5.07. The number of hydrogen-bond donors (Lipinski definition) is 0.